The van der Waals surface area contributed by atoms with Gasteiger partial charge < -0.3 is 15.5 Å². The molecule has 0 aromatic rings. The SMILES string of the molecule is C[C@@]1(CO)CNCC[C@@H]1O. The molecular formula is C7H15NO2. The maximum Gasteiger partial charge on any atom is 0.0640 e. The summed E-state index contributed by atoms with van der Waals surface area (Å²) in [7, 11) is 0. The molecule has 0 aromatic carbocycles. The summed E-state index contributed by atoms with van der Waals surface area (Å²) < 4.78 is 0. The Morgan fingerprint density at radius 2 is 2.40 bits per heavy atom. The molecule has 0 saturated carbocycles. The van der Waals surface area contributed by atoms with Gasteiger partial charge in [-0.1, -0.05) is 6.92 Å². The molecule has 2 atom stereocenters. The van der Waals surface area contributed by atoms with E-state index in [0.29, 0.717) is 6.54 Å². The van der Waals surface area contributed by atoms with Crippen molar-refractivity contribution in [3.05, 3.63) is 0 Å². The molecule has 1 aliphatic heterocycles. The van der Waals surface area contributed by atoms with Gasteiger partial charge in [0.2, 0.25) is 0 Å². The molecule has 0 bridgehead atoms. The highest BCUT2D eigenvalue weighted by Crippen LogP contribution is 2.24. The van der Waals surface area contributed by atoms with Crippen LogP contribution in [0, 0.1) is 5.41 Å². The Kier molecular flexibility index (Phi) is 2.28. The highest BCUT2D eigenvalue weighted by atomic mass is 16.3. The molecule has 0 spiro atoms. The van der Waals surface area contributed by atoms with Gasteiger partial charge in [-0.15, -0.1) is 0 Å². The van der Waals surface area contributed by atoms with Crippen molar-refractivity contribution in [2.45, 2.75) is 19.4 Å². The Bertz CT molecular complexity index is 118. The smallest absolute Gasteiger partial charge is 0.0640 e. The Morgan fingerprint density at radius 1 is 1.70 bits per heavy atom. The van der Waals surface area contributed by atoms with Gasteiger partial charge in [-0.2, -0.15) is 0 Å². The summed E-state index contributed by atoms with van der Waals surface area (Å²) in [6, 6.07) is 0. The average molecular weight is 145 g/mol. The molecule has 0 radical (unpaired) electrons. The van der Waals surface area contributed by atoms with Gasteiger partial charge in [-0.25, -0.2) is 0 Å². The lowest BCUT2D eigenvalue weighted by Gasteiger charge is -2.37. The molecule has 0 unspecified atom stereocenters. The predicted molar refractivity (Wildman–Crippen MR) is 38.7 cm³/mol. The van der Waals surface area contributed by atoms with E-state index in [2.05, 4.69) is 5.32 Å². The third-order valence-electron chi connectivity index (χ3n) is 2.29. The second-order valence-electron chi connectivity index (χ2n) is 3.29. The molecule has 1 heterocycles. The van der Waals surface area contributed by atoms with Gasteiger partial charge in [0, 0.05) is 12.0 Å². The fourth-order valence-corrected chi connectivity index (χ4v) is 1.24. The molecule has 1 saturated heterocycles. The Hall–Kier alpha value is -0.120. The molecule has 10 heavy (non-hydrogen) atoms. The number of nitrogens with one attached hydrogen (secondary N) is 1. The first-order chi connectivity index (χ1) is 4.69. The summed E-state index contributed by atoms with van der Waals surface area (Å²) in [5.41, 5.74) is -0.321. The molecule has 1 rings (SSSR count). The van der Waals surface area contributed by atoms with Gasteiger partial charge in [0.05, 0.1) is 12.7 Å². The number of aliphatic hydroxyl groups is 2. The standard InChI is InChI=1S/C7H15NO2/c1-7(5-9)4-8-3-2-6(7)10/h6,8-10H,2-5H2,1H3/t6-,7-/m0/s1. The zero-order chi connectivity index (χ0) is 7.61. The molecule has 60 valence electrons. The van der Waals surface area contributed by atoms with Crippen LogP contribution in [-0.4, -0.2) is 36.0 Å². The minimum atomic E-state index is -0.348. The minimum Gasteiger partial charge on any atom is -0.396 e. The zero-order valence-corrected chi connectivity index (χ0v) is 6.30. The molecule has 1 fully saturated rings. The van der Waals surface area contributed by atoms with Crippen molar-refractivity contribution in [1.82, 2.24) is 5.32 Å². The quantitative estimate of drug-likeness (QED) is 0.459. The van der Waals surface area contributed by atoms with E-state index in [9.17, 15) is 5.11 Å². The molecule has 1 aliphatic rings. The van der Waals surface area contributed by atoms with Crippen molar-refractivity contribution in [1.29, 1.82) is 0 Å². The summed E-state index contributed by atoms with van der Waals surface area (Å²) in [6.07, 6.45) is 0.399. The second-order valence-corrected chi connectivity index (χ2v) is 3.29. The molecule has 3 N–H and O–H groups in total. The van der Waals surface area contributed by atoms with Crippen molar-refractivity contribution in [3.8, 4) is 0 Å². The van der Waals surface area contributed by atoms with Crippen LogP contribution in [-0.2, 0) is 0 Å². The van der Waals surface area contributed by atoms with Crippen LogP contribution >= 0.6 is 0 Å². The van der Waals surface area contributed by atoms with Gasteiger partial charge in [-0.05, 0) is 13.0 Å². The summed E-state index contributed by atoms with van der Waals surface area (Å²) in [6.45, 7) is 3.52. The minimum absolute atomic E-state index is 0.0567. The highest BCUT2D eigenvalue weighted by Gasteiger charge is 2.34. The maximum absolute atomic E-state index is 9.43. The third-order valence-corrected chi connectivity index (χ3v) is 2.29. The fraction of sp³-hybridized carbons (Fsp3) is 1.00. The predicted octanol–water partition coefficient (Wildman–Crippen LogP) is -0.661. The highest BCUT2D eigenvalue weighted by molar-refractivity contribution is 4.87. The van der Waals surface area contributed by atoms with E-state index in [1.807, 2.05) is 6.92 Å². The van der Waals surface area contributed by atoms with Gasteiger partial charge in [0.1, 0.15) is 0 Å². The first kappa shape index (κ1) is 7.98. The fourth-order valence-electron chi connectivity index (χ4n) is 1.24. The van der Waals surface area contributed by atoms with Crippen molar-refractivity contribution in [2.75, 3.05) is 19.7 Å². The van der Waals surface area contributed by atoms with Crippen LogP contribution < -0.4 is 5.32 Å². The van der Waals surface area contributed by atoms with E-state index >= 15 is 0 Å². The van der Waals surface area contributed by atoms with E-state index in [4.69, 9.17) is 5.11 Å². The number of rotatable bonds is 1. The third kappa shape index (κ3) is 1.31. The zero-order valence-electron chi connectivity index (χ0n) is 6.30. The first-order valence-corrected chi connectivity index (χ1v) is 3.69. The van der Waals surface area contributed by atoms with Crippen LogP contribution in [0.25, 0.3) is 0 Å². The number of hydrogen-bond donors (Lipinski definition) is 3. The van der Waals surface area contributed by atoms with E-state index in [1.54, 1.807) is 0 Å². The largest absolute Gasteiger partial charge is 0.396 e. The maximum atomic E-state index is 9.43. The van der Waals surface area contributed by atoms with E-state index in [0.717, 1.165) is 13.0 Å². The summed E-state index contributed by atoms with van der Waals surface area (Å²) in [5, 5.41) is 21.5. The second kappa shape index (κ2) is 2.86. The summed E-state index contributed by atoms with van der Waals surface area (Å²) in [5.74, 6) is 0. The van der Waals surface area contributed by atoms with Crippen molar-refractivity contribution >= 4 is 0 Å². The lowest BCUT2D eigenvalue weighted by Crippen LogP contribution is -2.50. The van der Waals surface area contributed by atoms with Gasteiger partial charge in [0.25, 0.3) is 0 Å². The normalized spacial score (nSPS) is 41.7. The summed E-state index contributed by atoms with van der Waals surface area (Å²) in [4.78, 5) is 0. The lowest BCUT2D eigenvalue weighted by molar-refractivity contribution is -0.0246. The van der Waals surface area contributed by atoms with Crippen LogP contribution in [0.4, 0.5) is 0 Å². The Labute approximate surface area is 61.1 Å². The number of piperidine rings is 1. The molecule has 3 heteroatoms. The van der Waals surface area contributed by atoms with Gasteiger partial charge in [0.15, 0.2) is 0 Å². The lowest BCUT2D eigenvalue weighted by atomic mass is 9.81. The molecule has 0 aromatic heterocycles. The van der Waals surface area contributed by atoms with E-state index in [-0.39, 0.29) is 18.1 Å². The Morgan fingerprint density at radius 3 is 2.80 bits per heavy atom. The van der Waals surface area contributed by atoms with Crippen molar-refractivity contribution < 1.29 is 10.2 Å². The Balaban J connectivity index is 2.54. The molecule has 3 nitrogen and oxygen atoms in total. The molecular weight excluding hydrogens is 130 g/mol. The monoisotopic (exact) mass is 145 g/mol. The molecule has 0 amide bonds. The van der Waals surface area contributed by atoms with Gasteiger partial charge >= 0.3 is 0 Å². The number of aliphatic hydroxyl groups excluding tert-OH is 2. The van der Waals surface area contributed by atoms with Gasteiger partial charge in [-0.3, -0.25) is 0 Å². The van der Waals surface area contributed by atoms with Crippen LogP contribution in [0.1, 0.15) is 13.3 Å². The summed E-state index contributed by atoms with van der Waals surface area (Å²) >= 11 is 0. The average Bonchev–Trinajstić information content (AvgIpc) is 1.96. The first-order valence-electron chi connectivity index (χ1n) is 3.69. The van der Waals surface area contributed by atoms with Crippen LogP contribution in [0.5, 0.6) is 0 Å². The van der Waals surface area contributed by atoms with Crippen molar-refractivity contribution in [3.63, 3.8) is 0 Å². The van der Waals surface area contributed by atoms with E-state index < -0.39 is 0 Å². The van der Waals surface area contributed by atoms with E-state index in [1.165, 1.54) is 0 Å². The topological polar surface area (TPSA) is 52.5 Å². The van der Waals surface area contributed by atoms with Crippen molar-refractivity contribution in [2.24, 2.45) is 5.41 Å². The number of hydrogen-bond acceptors (Lipinski definition) is 3. The van der Waals surface area contributed by atoms with Crippen LogP contribution in [0.3, 0.4) is 0 Å². The molecule has 0 aliphatic carbocycles. The van der Waals surface area contributed by atoms with Crippen LogP contribution in [0.2, 0.25) is 0 Å². The van der Waals surface area contributed by atoms with Crippen LogP contribution in [0.15, 0.2) is 0 Å².